The maximum absolute atomic E-state index is 13.3. The van der Waals surface area contributed by atoms with E-state index in [2.05, 4.69) is 5.32 Å². The molecule has 0 saturated heterocycles. The van der Waals surface area contributed by atoms with Gasteiger partial charge in [-0.15, -0.1) is 0 Å². The van der Waals surface area contributed by atoms with Crippen LogP contribution in [0.1, 0.15) is 48.9 Å². The molecule has 1 aliphatic carbocycles. The van der Waals surface area contributed by atoms with Gasteiger partial charge in [0.05, 0.1) is 28.9 Å². The number of urea groups is 1. The van der Waals surface area contributed by atoms with Crippen molar-refractivity contribution in [3.8, 4) is 6.07 Å². The third kappa shape index (κ3) is 3.87. The van der Waals surface area contributed by atoms with E-state index in [-0.39, 0.29) is 5.69 Å². The molecular formula is C24H19ClF3N3O. The standard InChI is InChI=1S/C24H19ClF3N3O/c1-2-15-5-3-8-20-21(15)22(18-10-9-14(13-29)11-19(18)25)30-23(32)31(20)17-7-4-6-16(12-17)24(26,27)28/h2,4,6-7,9-12,22H,3,5,8H2,1H3,(H,30,32). The molecule has 1 N–H and O–H groups in total. The van der Waals surface area contributed by atoms with Crippen LogP contribution in [0.4, 0.5) is 23.7 Å². The van der Waals surface area contributed by atoms with Crippen LogP contribution in [-0.4, -0.2) is 6.03 Å². The second kappa shape index (κ2) is 8.36. The van der Waals surface area contributed by atoms with Gasteiger partial charge in [0.1, 0.15) is 0 Å². The number of carbonyl (C=O) groups excluding carboxylic acids is 1. The van der Waals surface area contributed by atoms with E-state index >= 15 is 0 Å². The zero-order chi connectivity index (χ0) is 23.0. The zero-order valence-corrected chi connectivity index (χ0v) is 17.9. The lowest BCUT2D eigenvalue weighted by atomic mass is 9.81. The number of allylic oxidation sites excluding steroid dienone is 2. The first-order valence-corrected chi connectivity index (χ1v) is 10.5. The Bertz CT molecular complexity index is 1190. The monoisotopic (exact) mass is 457 g/mol. The van der Waals surface area contributed by atoms with Gasteiger partial charge in [0, 0.05) is 16.3 Å². The second-order valence-corrected chi connectivity index (χ2v) is 8.05. The summed E-state index contributed by atoms with van der Waals surface area (Å²) in [5.41, 5.74) is 2.89. The topological polar surface area (TPSA) is 56.1 Å². The van der Waals surface area contributed by atoms with Crippen molar-refractivity contribution < 1.29 is 18.0 Å². The zero-order valence-electron chi connectivity index (χ0n) is 17.1. The first-order chi connectivity index (χ1) is 15.2. The highest BCUT2D eigenvalue weighted by molar-refractivity contribution is 6.31. The third-order valence-electron chi connectivity index (χ3n) is 5.77. The van der Waals surface area contributed by atoms with Gasteiger partial charge in [0.15, 0.2) is 0 Å². The number of benzene rings is 2. The maximum atomic E-state index is 13.3. The summed E-state index contributed by atoms with van der Waals surface area (Å²) in [7, 11) is 0. The number of anilines is 1. The first-order valence-electron chi connectivity index (χ1n) is 10.1. The van der Waals surface area contributed by atoms with Crippen LogP contribution < -0.4 is 10.2 Å². The Hall–Kier alpha value is -3.24. The van der Waals surface area contributed by atoms with Crippen molar-refractivity contribution in [2.75, 3.05) is 4.90 Å². The molecule has 164 valence electrons. The molecule has 0 saturated carbocycles. The number of nitriles is 1. The van der Waals surface area contributed by atoms with Crippen LogP contribution >= 0.6 is 11.6 Å². The normalized spacial score (nSPS) is 20.1. The number of nitrogens with zero attached hydrogens (tertiary/aromatic N) is 2. The molecule has 1 unspecified atom stereocenters. The van der Waals surface area contributed by atoms with Crippen molar-refractivity contribution in [3.05, 3.63) is 87.1 Å². The highest BCUT2D eigenvalue weighted by Crippen LogP contribution is 2.45. The smallest absolute Gasteiger partial charge is 0.326 e. The highest BCUT2D eigenvalue weighted by Gasteiger charge is 2.39. The van der Waals surface area contributed by atoms with Crippen molar-refractivity contribution in [1.29, 1.82) is 5.26 Å². The fraction of sp³-hybridized carbons (Fsp3) is 0.250. The average Bonchev–Trinajstić information content (AvgIpc) is 2.77. The molecule has 2 aliphatic rings. The summed E-state index contributed by atoms with van der Waals surface area (Å²) in [4.78, 5) is 14.5. The molecule has 0 radical (unpaired) electrons. The summed E-state index contributed by atoms with van der Waals surface area (Å²) >= 11 is 6.45. The summed E-state index contributed by atoms with van der Waals surface area (Å²) in [5, 5.41) is 12.4. The predicted octanol–water partition coefficient (Wildman–Crippen LogP) is 6.89. The number of alkyl halides is 3. The minimum absolute atomic E-state index is 0.159. The van der Waals surface area contributed by atoms with Gasteiger partial charge >= 0.3 is 12.2 Å². The minimum atomic E-state index is -4.51. The Labute approximate surface area is 188 Å². The number of halogens is 4. The molecule has 0 aromatic heterocycles. The van der Waals surface area contributed by atoms with Crippen LogP contribution in [0.25, 0.3) is 0 Å². The average molecular weight is 458 g/mol. The number of carbonyl (C=O) groups is 1. The lowest BCUT2D eigenvalue weighted by Gasteiger charge is -2.41. The van der Waals surface area contributed by atoms with Gasteiger partial charge in [-0.25, -0.2) is 4.79 Å². The summed E-state index contributed by atoms with van der Waals surface area (Å²) in [5.74, 6) is 0. The Kier molecular flexibility index (Phi) is 5.74. The van der Waals surface area contributed by atoms with E-state index in [9.17, 15) is 18.0 Å². The van der Waals surface area contributed by atoms with Crippen LogP contribution in [0.15, 0.2) is 65.4 Å². The van der Waals surface area contributed by atoms with Gasteiger partial charge < -0.3 is 5.32 Å². The molecule has 2 aromatic rings. The predicted molar refractivity (Wildman–Crippen MR) is 116 cm³/mol. The Morgan fingerprint density at radius 1 is 1.22 bits per heavy atom. The van der Waals surface area contributed by atoms with E-state index in [4.69, 9.17) is 16.9 Å². The number of rotatable bonds is 2. The molecule has 1 atom stereocenters. The molecule has 0 spiro atoms. The number of amides is 2. The minimum Gasteiger partial charge on any atom is -0.326 e. The molecule has 0 fully saturated rings. The lowest BCUT2D eigenvalue weighted by Crippen LogP contribution is -2.48. The number of hydrogen-bond acceptors (Lipinski definition) is 2. The molecule has 4 nitrogen and oxygen atoms in total. The highest BCUT2D eigenvalue weighted by atomic mass is 35.5. The van der Waals surface area contributed by atoms with E-state index in [0.29, 0.717) is 28.3 Å². The first kappa shape index (κ1) is 22.0. The van der Waals surface area contributed by atoms with Gasteiger partial charge in [-0.3, -0.25) is 4.90 Å². The van der Waals surface area contributed by atoms with Crippen LogP contribution in [0.3, 0.4) is 0 Å². The molecule has 8 heteroatoms. The maximum Gasteiger partial charge on any atom is 0.416 e. The third-order valence-corrected chi connectivity index (χ3v) is 6.09. The molecule has 0 bridgehead atoms. The van der Waals surface area contributed by atoms with Crippen LogP contribution in [-0.2, 0) is 6.18 Å². The van der Waals surface area contributed by atoms with Gasteiger partial charge in [-0.1, -0.05) is 29.8 Å². The van der Waals surface area contributed by atoms with E-state index < -0.39 is 23.8 Å². The molecule has 1 heterocycles. The van der Waals surface area contributed by atoms with Gasteiger partial charge in [-0.2, -0.15) is 18.4 Å². The molecule has 1 aliphatic heterocycles. The van der Waals surface area contributed by atoms with Crippen molar-refractivity contribution in [2.45, 2.75) is 38.4 Å². The summed E-state index contributed by atoms with van der Waals surface area (Å²) < 4.78 is 39.9. The fourth-order valence-corrected chi connectivity index (χ4v) is 4.62. The lowest BCUT2D eigenvalue weighted by molar-refractivity contribution is -0.137. The Balaban J connectivity index is 1.89. The van der Waals surface area contributed by atoms with Gasteiger partial charge in [0.2, 0.25) is 0 Å². The molecule has 2 amide bonds. The van der Waals surface area contributed by atoms with Crippen LogP contribution in [0.2, 0.25) is 5.02 Å². The summed E-state index contributed by atoms with van der Waals surface area (Å²) in [6, 6.07) is 10.6. The van der Waals surface area contributed by atoms with E-state index in [1.807, 2.05) is 19.1 Å². The molecule has 32 heavy (non-hydrogen) atoms. The van der Waals surface area contributed by atoms with Crippen molar-refractivity contribution in [2.24, 2.45) is 0 Å². The fourth-order valence-electron chi connectivity index (χ4n) is 4.33. The number of nitrogens with one attached hydrogen (secondary N) is 1. The van der Waals surface area contributed by atoms with E-state index in [1.165, 1.54) is 17.0 Å². The molecular weight excluding hydrogens is 439 g/mol. The van der Waals surface area contributed by atoms with Crippen molar-refractivity contribution in [3.63, 3.8) is 0 Å². The largest absolute Gasteiger partial charge is 0.416 e. The summed E-state index contributed by atoms with van der Waals surface area (Å²) in [6.45, 7) is 1.90. The second-order valence-electron chi connectivity index (χ2n) is 7.64. The van der Waals surface area contributed by atoms with Crippen LogP contribution in [0, 0.1) is 11.3 Å². The molecule has 4 rings (SSSR count). The number of hydrogen-bond donors (Lipinski definition) is 1. The molecule has 2 aromatic carbocycles. The van der Waals surface area contributed by atoms with E-state index in [1.54, 1.807) is 18.2 Å². The van der Waals surface area contributed by atoms with Gasteiger partial charge in [0.25, 0.3) is 0 Å². The summed E-state index contributed by atoms with van der Waals surface area (Å²) in [6.07, 6.45) is -0.457. The SMILES string of the molecule is CC=C1CCCC2=C1C(c1ccc(C#N)cc1Cl)NC(=O)N2c1cccc(C(F)(F)F)c1. The van der Waals surface area contributed by atoms with Gasteiger partial charge in [-0.05, 0) is 67.7 Å². The quantitative estimate of drug-likeness (QED) is 0.534. The van der Waals surface area contributed by atoms with Crippen LogP contribution in [0.5, 0.6) is 0 Å². The van der Waals surface area contributed by atoms with E-state index in [0.717, 1.165) is 36.1 Å². The van der Waals surface area contributed by atoms with Crippen molar-refractivity contribution >= 4 is 23.3 Å². The van der Waals surface area contributed by atoms with Crippen molar-refractivity contribution in [1.82, 2.24) is 5.32 Å². The Morgan fingerprint density at radius 2 is 2.00 bits per heavy atom. The Morgan fingerprint density at radius 3 is 2.66 bits per heavy atom.